The standard InChI is InChI=1S/C14H13BrN2O3/c1-9-3-2-4-12(14(9)17(18)19)20-13-7-11(15)6-5-10(13)8-16/h2-7H,8,16H2,1H3. The van der Waals surface area contributed by atoms with Crippen molar-refractivity contribution in [1.82, 2.24) is 0 Å². The Morgan fingerprint density at radius 1 is 1.30 bits per heavy atom. The number of nitro groups is 1. The fourth-order valence-electron chi connectivity index (χ4n) is 1.86. The van der Waals surface area contributed by atoms with E-state index in [4.69, 9.17) is 10.5 Å². The summed E-state index contributed by atoms with van der Waals surface area (Å²) in [4.78, 5) is 10.7. The second-order valence-electron chi connectivity index (χ2n) is 4.24. The Morgan fingerprint density at radius 2 is 2.05 bits per heavy atom. The van der Waals surface area contributed by atoms with E-state index in [1.54, 1.807) is 31.2 Å². The van der Waals surface area contributed by atoms with E-state index in [9.17, 15) is 10.1 Å². The van der Waals surface area contributed by atoms with Gasteiger partial charge in [-0.25, -0.2) is 0 Å². The van der Waals surface area contributed by atoms with Crippen molar-refractivity contribution < 1.29 is 9.66 Å². The van der Waals surface area contributed by atoms with Crippen LogP contribution in [0.1, 0.15) is 11.1 Å². The maximum Gasteiger partial charge on any atom is 0.314 e. The van der Waals surface area contributed by atoms with E-state index in [2.05, 4.69) is 15.9 Å². The van der Waals surface area contributed by atoms with Crippen LogP contribution in [-0.2, 0) is 6.54 Å². The van der Waals surface area contributed by atoms with Crippen LogP contribution in [0.15, 0.2) is 40.9 Å². The van der Waals surface area contributed by atoms with Gasteiger partial charge < -0.3 is 10.5 Å². The predicted octanol–water partition coefficient (Wildman–Crippen LogP) is 3.92. The molecule has 0 unspecified atom stereocenters. The third-order valence-electron chi connectivity index (χ3n) is 2.85. The van der Waals surface area contributed by atoms with Gasteiger partial charge in [-0.3, -0.25) is 10.1 Å². The van der Waals surface area contributed by atoms with Crippen LogP contribution in [0.2, 0.25) is 0 Å². The lowest BCUT2D eigenvalue weighted by Crippen LogP contribution is -2.01. The number of nitro benzene ring substituents is 1. The van der Waals surface area contributed by atoms with E-state index < -0.39 is 4.92 Å². The minimum absolute atomic E-state index is 0.0320. The van der Waals surface area contributed by atoms with Gasteiger partial charge in [-0.05, 0) is 25.1 Å². The van der Waals surface area contributed by atoms with Gasteiger partial charge in [-0.1, -0.05) is 34.1 Å². The molecule has 0 aromatic heterocycles. The first kappa shape index (κ1) is 14.5. The molecule has 0 aliphatic rings. The Hall–Kier alpha value is -1.92. The normalized spacial score (nSPS) is 10.3. The molecule has 0 radical (unpaired) electrons. The molecule has 0 saturated heterocycles. The summed E-state index contributed by atoms with van der Waals surface area (Å²) in [6.07, 6.45) is 0. The van der Waals surface area contributed by atoms with Gasteiger partial charge in [-0.2, -0.15) is 0 Å². The van der Waals surface area contributed by atoms with Gasteiger partial charge in [0, 0.05) is 22.1 Å². The summed E-state index contributed by atoms with van der Waals surface area (Å²) in [5.41, 5.74) is 6.96. The molecule has 104 valence electrons. The van der Waals surface area contributed by atoms with Gasteiger partial charge >= 0.3 is 5.69 Å². The lowest BCUT2D eigenvalue weighted by molar-refractivity contribution is -0.386. The van der Waals surface area contributed by atoms with E-state index in [0.717, 1.165) is 10.0 Å². The Labute approximate surface area is 124 Å². The molecule has 2 N–H and O–H groups in total. The summed E-state index contributed by atoms with van der Waals surface area (Å²) in [5, 5.41) is 11.1. The van der Waals surface area contributed by atoms with E-state index in [1.807, 2.05) is 12.1 Å². The number of hydrogen-bond donors (Lipinski definition) is 1. The molecule has 2 rings (SSSR count). The number of ether oxygens (including phenoxy) is 1. The van der Waals surface area contributed by atoms with E-state index in [-0.39, 0.29) is 11.4 Å². The van der Waals surface area contributed by atoms with Gasteiger partial charge in [0.15, 0.2) is 0 Å². The van der Waals surface area contributed by atoms with Crippen LogP contribution in [-0.4, -0.2) is 4.92 Å². The van der Waals surface area contributed by atoms with Gasteiger partial charge in [0.05, 0.1) is 4.92 Å². The van der Waals surface area contributed by atoms with Crippen molar-refractivity contribution in [1.29, 1.82) is 0 Å². The zero-order chi connectivity index (χ0) is 14.7. The third kappa shape index (κ3) is 2.97. The largest absolute Gasteiger partial charge is 0.450 e. The molecule has 2 aromatic carbocycles. The minimum atomic E-state index is -0.440. The summed E-state index contributed by atoms with van der Waals surface area (Å²) in [6, 6.07) is 10.4. The average molecular weight is 337 g/mol. The van der Waals surface area contributed by atoms with Crippen LogP contribution in [0.3, 0.4) is 0 Å². The molecule has 20 heavy (non-hydrogen) atoms. The molecule has 0 atom stereocenters. The Morgan fingerprint density at radius 3 is 2.70 bits per heavy atom. The van der Waals surface area contributed by atoms with Crippen LogP contribution in [0.5, 0.6) is 11.5 Å². The van der Waals surface area contributed by atoms with Crippen LogP contribution in [0.25, 0.3) is 0 Å². The highest BCUT2D eigenvalue weighted by Crippen LogP contribution is 2.36. The Balaban J connectivity index is 2.48. The van der Waals surface area contributed by atoms with Crippen molar-refractivity contribution in [3.8, 4) is 11.5 Å². The van der Waals surface area contributed by atoms with Crippen molar-refractivity contribution in [2.45, 2.75) is 13.5 Å². The molecule has 5 nitrogen and oxygen atoms in total. The number of aryl methyl sites for hydroxylation is 1. The summed E-state index contributed by atoms with van der Waals surface area (Å²) in [7, 11) is 0. The fourth-order valence-corrected chi connectivity index (χ4v) is 2.20. The van der Waals surface area contributed by atoms with Crippen LogP contribution < -0.4 is 10.5 Å². The average Bonchev–Trinajstić information content (AvgIpc) is 2.38. The highest BCUT2D eigenvalue weighted by molar-refractivity contribution is 9.10. The molecule has 2 aromatic rings. The topological polar surface area (TPSA) is 78.4 Å². The summed E-state index contributed by atoms with van der Waals surface area (Å²) in [6.45, 7) is 1.97. The molecule has 0 aliphatic carbocycles. The second kappa shape index (κ2) is 6.02. The van der Waals surface area contributed by atoms with E-state index in [0.29, 0.717) is 17.9 Å². The van der Waals surface area contributed by atoms with Gasteiger partial charge in [0.1, 0.15) is 5.75 Å². The van der Waals surface area contributed by atoms with Crippen LogP contribution in [0.4, 0.5) is 5.69 Å². The van der Waals surface area contributed by atoms with Crippen LogP contribution >= 0.6 is 15.9 Å². The van der Waals surface area contributed by atoms with Crippen molar-refractivity contribution in [3.63, 3.8) is 0 Å². The highest BCUT2D eigenvalue weighted by Gasteiger charge is 2.19. The third-order valence-corrected chi connectivity index (χ3v) is 3.35. The monoisotopic (exact) mass is 336 g/mol. The quantitative estimate of drug-likeness (QED) is 0.677. The number of rotatable bonds is 4. The maximum absolute atomic E-state index is 11.1. The first-order chi connectivity index (χ1) is 9.52. The number of nitrogens with zero attached hydrogens (tertiary/aromatic N) is 1. The maximum atomic E-state index is 11.1. The summed E-state index contributed by atoms with van der Waals surface area (Å²) < 4.78 is 6.52. The molecule has 0 aliphatic heterocycles. The molecule has 0 spiro atoms. The number of nitrogens with two attached hydrogens (primary N) is 1. The fraction of sp³-hybridized carbons (Fsp3) is 0.143. The second-order valence-corrected chi connectivity index (χ2v) is 5.15. The van der Waals surface area contributed by atoms with Crippen molar-refractivity contribution in [2.75, 3.05) is 0 Å². The Bertz CT molecular complexity index is 659. The molecule has 0 bridgehead atoms. The van der Waals surface area contributed by atoms with Crippen molar-refractivity contribution in [2.24, 2.45) is 5.73 Å². The minimum Gasteiger partial charge on any atom is -0.450 e. The zero-order valence-corrected chi connectivity index (χ0v) is 12.4. The summed E-state index contributed by atoms with van der Waals surface area (Å²) in [5.74, 6) is 0.721. The molecule has 0 fully saturated rings. The van der Waals surface area contributed by atoms with E-state index >= 15 is 0 Å². The SMILES string of the molecule is Cc1cccc(Oc2cc(Br)ccc2CN)c1[N+](=O)[O-]. The molecule has 0 amide bonds. The number of para-hydroxylation sites is 1. The predicted molar refractivity (Wildman–Crippen MR) is 79.9 cm³/mol. The Kier molecular flexibility index (Phi) is 4.36. The molecule has 6 heteroatoms. The van der Waals surface area contributed by atoms with Gasteiger partial charge in [0.2, 0.25) is 5.75 Å². The van der Waals surface area contributed by atoms with Crippen molar-refractivity contribution in [3.05, 3.63) is 62.1 Å². The molecular weight excluding hydrogens is 324 g/mol. The van der Waals surface area contributed by atoms with E-state index in [1.165, 1.54) is 0 Å². The number of halogens is 1. The lowest BCUT2D eigenvalue weighted by atomic mass is 10.1. The number of hydrogen-bond acceptors (Lipinski definition) is 4. The first-order valence-electron chi connectivity index (χ1n) is 5.93. The zero-order valence-electron chi connectivity index (χ0n) is 10.8. The van der Waals surface area contributed by atoms with Crippen molar-refractivity contribution >= 4 is 21.6 Å². The van der Waals surface area contributed by atoms with Gasteiger partial charge in [-0.15, -0.1) is 0 Å². The first-order valence-corrected chi connectivity index (χ1v) is 6.72. The highest BCUT2D eigenvalue weighted by atomic mass is 79.9. The molecule has 0 heterocycles. The molecular formula is C14H13BrN2O3. The summed E-state index contributed by atoms with van der Waals surface area (Å²) >= 11 is 3.35. The van der Waals surface area contributed by atoms with Gasteiger partial charge in [0.25, 0.3) is 0 Å². The van der Waals surface area contributed by atoms with Crippen LogP contribution in [0, 0.1) is 17.0 Å². The molecule has 0 saturated carbocycles. The number of benzene rings is 2. The smallest absolute Gasteiger partial charge is 0.314 e. The lowest BCUT2D eigenvalue weighted by Gasteiger charge is -2.11.